The quantitative estimate of drug-likeness (QED) is 0.377. The molecule has 17 heavy (non-hydrogen) atoms. The molecule has 0 saturated heterocycles. The molecule has 8 heteroatoms. The largest absolute Gasteiger partial charge is 1.00 e. The third-order valence-electron chi connectivity index (χ3n) is 2.02. The van der Waals surface area contributed by atoms with Crippen molar-refractivity contribution in [2.24, 2.45) is 0 Å². The molecule has 0 aromatic carbocycles. The van der Waals surface area contributed by atoms with Crippen molar-refractivity contribution in [3.05, 3.63) is 0 Å². The van der Waals surface area contributed by atoms with Gasteiger partial charge in [-0.05, 0) is 12.8 Å². The van der Waals surface area contributed by atoms with Gasteiger partial charge in [0.25, 0.3) is 0 Å². The van der Waals surface area contributed by atoms with Crippen LogP contribution in [0, 0.1) is 0 Å². The smallest absolute Gasteiger partial charge is 0.547 e. The molecule has 2 N–H and O–H groups in total. The Morgan fingerprint density at radius 3 is 1.47 bits per heavy atom. The first-order valence-electron chi connectivity index (χ1n) is 4.73. The van der Waals surface area contributed by atoms with Crippen molar-refractivity contribution in [3.63, 3.8) is 0 Å². The van der Waals surface area contributed by atoms with E-state index < -0.39 is 18.0 Å². The summed E-state index contributed by atoms with van der Waals surface area (Å²) in [5.41, 5.74) is 0. The fraction of sp³-hybridized carbons (Fsp3) is 0.778. The molecule has 1 saturated carbocycles. The van der Waals surface area contributed by atoms with Crippen LogP contribution in [0.3, 0.4) is 0 Å². The number of aliphatic carboxylic acids is 2. The number of rotatable bonds is 2. The van der Waals surface area contributed by atoms with Gasteiger partial charge in [0.1, 0.15) is 6.10 Å². The first kappa shape index (κ1) is 23.0. The summed E-state index contributed by atoms with van der Waals surface area (Å²) >= 11 is 0. The van der Waals surface area contributed by atoms with Gasteiger partial charge in [-0.25, -0.2) is 0 Å². The Hall–Kier alpha value is 0.860. The van der Waals surface area contributed by atoms with Gasteiger partial charge in [-0.3, -0.25) is 0 Å². The first-order chi connectivity index (χ1) is 6.95. The van der Waals surface area contributed by atoms with Crippen LogP contribution in [0.1, 0.15) is 32.1 Å². The number of carbonyl (C=O) groups excluding carboxylic acids is 2. The minimum absolute atomic E-state index is 0. The maximum absolute atomic E-state index is 9.36. The van der Waals surface area contributed by atoms with Crippen molar-refractivity contribution in [1.82, 2.24) is 0 Å². The molecule has 0 aromatic rings. The average molecular weight is 264 g/mol. The number of hydrogen-bond acceptors (Lipinski definition) is 6. The topological polar surface area (TPSA) is 121 Å². The zero-order valence-corrected chi connectivity index (χ0v) is 14.2. The van der Waals surface area contributed by atoms with E-state index in [-0.39, 0.29) is 65.2 Å². The van der Waals surface area contributed by atoms with Crippen LogP contribution in [0.2, 0.25) is 0 Å². The fourth-order valence-corrected chi connectivity index (χ4v) is 1.18. The molecule has 0 heterocycles. The monoisotopic (exact) mass is 264 g/mol. The van der Waals surface area contributed by atoms with Crippen molar-refractivity contribution in [3.8, 4) is 0 Å². The van der Waals surface area contributed by atoms with Gasteiger partial charge in [-0.15, -0.1) is 0 Å². The van der Waals surface area contributed by atoms with E-state index >= 15 is 0 Å². The molecule has 1 rings (SSSR count). The molecule has 1 fully saturated rings. The maximum Gasteiger partial charge on any atom is 1.00 e. The molecule has 0 spiro atoms. The number of carbonyl (C=O) groups is 2. The van der Waals surface area contributed by atoms with Gasteiger partial charge in [0, 0.05) is 0 Å². The van der Waals surface area contributed by atoms with Gasteiger partial charge in [0.2, 0.25) is 0 Å². The number of aliphatic hydroxyl groups is 2. The first-order valence-corrected chi connectivity index (χ1v) is 4.73. The SMILES string of the molecule is O=C([O-])C(O)C(=O)[O-].OC1CCCCC1.[Na+].[Na+]. The molecule has 0 bridgehead atoms. The number of hydrogen-bond donors (Lipinski definition) is 2. The van der Waals surface area contributed by atoms with E-state index in [0.717, 1.165) is 12.8 Å². The summed E-state index contributed by atoms with van der Waals surface area (Å²) < 4.78 is 0. The predicted octanol–water partition coefficient (Wildman–Crippen LogP) is -8.83. The summed E-state index contributed by atoms with van der Waals surface area (Å²) in [5.74, 6) is -4.13. The fourth-order valence-electron chi connectivity index (χ4n) is 1.18. The van der Waals surface area contributed by atoms with Crippen LogP contribution in [0.4, 0.5) is 0 Å². The zero-order valence-electron chi connectivity index (χ0n) is 10.2. The van der Waals surface area contributed by atoms with E-state index in [1.54, 1.807) is 0 Å². The van der Waals surface area contributed by atoms with Crippen LogP contribution in [-0.4, -0.2) is 34.4 Å². The molecule has 0 aliphatic heterocycles. The van der Waals surface area contributed by atoms with Crippen LogP contribution in [0.5, 0.6) is 0 Å². The normalized spacial score (nSPS) is 14.8. The predicted molar refractivity (Wildman–Crippen MR) is 45.1 cm³/mol. The van der Waals surface area contributed by atoms with Crippen molar-refractivity contribution in [1.29, 1.82) is 0 Å². The third-order valence-corrected chi connectivity index (χ3v) is 2.02. The Bertz CT molecular complexity index is 204. The summed E-state index contributed by atoms with van der Waals surface area (Å²) in [7, 11) is 0. The van der Waals surface area contributed by atoms with Gasteiger partial charge in [-0.2, -0.15) is 0 Å². The second-order valence-corrected chi connectivity index (χ2v) is 3.33. The Labute approximate surface area is 144 Å². The Morgan fingerprint density at radius 1 is 1.00 bits per heavy atom. The van der Waals surface area contributed by atoms with E-state index in [9.17, 15) is 19.8 Å². The molecule has 1 aliphatic rings. The van der Waals surface area contributed by atoms with Crippen molar-refractivity contribution >= 4 is 11.9 Å². The number of aliphatic hydroxyl groups excluding tert-OH is 2. The van der Waals surface area contributed by atoms with Gasteiger partial charge < -0.3 is 30.0 Å². The summed E-state index contributed by atoms with van der Waals surface area (Å²) in [4.78, 5) is 18.7. The van der Waals surface area contributed by atoms with Gasteiger partial charge in [0.05, 0.1) is 18.0 Å². The standard InChI is InChI=1S/C6H12O.C3H4O5.2Na/c7-6-4-2-1-3-5-6;4-1(2(5)6)3(7)8;;/h6-7H,1-5H2;1,4H,(H,5,6)(H,7,8);;/q;;2*+1/p-2. The van der Waals surface area contributed by atoms with E-state index in [4.69, 9.17) is 10.2 Å². The van der Waals surface area contributed by atoms with Crippen molar-refractivity contribution in [2.75, 3.05) is 0 Å². The van der Waals surface area contributed by atoms with E-state index in [0.29, 0.717) is 0 Å². The van der Waals surface area contributed by atoms with Crippen LogP contribution >= 0.6 is 0 Å². The Kier molecular flexibility index (Phi) is 18.0. The average Bonchev–Trinajstić information content (AvgIpc) is 2.18. The van der Waals surface area contributed by atoms with Gasteiger partial charge in [0.15, 0.2) is 0 Å². The summed E-state index contributed by atoms with van der Waals surface area (Å²) in [6.45, 7) is 0. The van der Waals surface area contributed by atoms with Crippen LogP contribution in [0.15, 0.2) is 0 Å². The van der Waals surface area contributed by atoms with Gasteiger partial charge >= 0.3 is 59.1 Å². The number of carboxylic acids is 2. The summed E-state index contributed by atoms with van der Waals surface area (Å²) in [5, 5.41) is 35.5. The molecule has 88 valence electrons. The van der Waals surface area contributed by atoms with E-state index in [1.165, 1.54) is 19.3 Å². The Balaban J connectivity index is -0.000000207. The zero-order chi connectivity index (χ0) is 11.8. The van der Waals surface area contributed by atoms with Crippen LogP contribution in [0.25, 0.3) is 0 Å². The second kappa shape index (κ2) is 13.3. The third kappa shape index (κ3) is 13.1. The molecule has 0 amide bonds. The van der Waals surface area contributed by atoms with E-state index in [1.807, 2.05) is 0 Å². The molecular weight excluding hydrogens is 250 g/mol. The van der Waals surface area contributed by atoms with Crippen molar-refractivity contribution in [2.45, 2.75) is 44.3 Å². The van der Waals surface area contributed by atoms with E-state index in [2.05, 4.69) is 0 Å². The molecule has 0 unspecified atom stereocenters. The summed E-state index contributed by atoms with van der Waals surface area (Å²) in [6.07, 6.45) is 3.41. The Morgan fingerprint density at radius 2 is 1.35 bits per heavy atom. The molecular formula is C9H14Na2O6. The molecule has 0 radical (unpaired) electrons. The molecule has 0 aromatic heterocycles. The molecule has 6 nitrogen and oxygen atoms in total. The minimum Gasteiger partial charge on any atom is -0.547 e. The minimum atomic E-state index is -2.52. The summed E-state index contributed by atoms with van der Waals surface area (Å²) in [6, 6.07) is 0. The molecule has 0 atom stereocenters. The van der Waals surface area contributed by atoms with Gasteiger partial charge in [-0.1, -0.05) is 19.3 Å². The van der Waals surface area contributed by atoms with Crippen LogP contribution in [-0.2, 0) is 9.59 Å². The van der Waals surface area contributed by atoms with Crippen LogP contribution < -0.4 is 69.3 Å². The number of carboxylic acid groups (broad SMARTS) is 2. The van der Waals surface area contributed by atoms with Crippen molar-refractivity contribution < 1.29 is 89.1 Å². The molecule has 1 aliphatic carbocycles. The maximum atomic E-state index is 9.36. The second-order valence-electron chi connectivity index (χ2n) is 3.33.